The molecule has 0 bridgehead atoms. The van der Waals surface area contributed by atoms with E-state index in [1.807, 2.05) is 4.90 Å². The van der Waals surface area contributed by atoms with Crippen molar-refractivity contribution >= 4 is 17.2 Å². The summed E-state index contributed by atoms with van der Waals surface area (Å²) in [5, 5.41) is 2.08. The first-order valence-corrected chi connectivity index (χ1v) is 8.94. The number of amides is 1. The number of hydrogen-bond acceptors (Lipinski definition) is 3. The van der Waals surface area contributed by atoms with Crippen LogP contribution >= 0.6 is 11.3 Å². The Morgan fingerprint density at radius 2 is 2.29 bits per heavy atom. The molecule has 2 aliphatic heterocycles. The summed E-state index contributed by atoms with van der Waals surface area (Å²) in [6.07, 6.45) is 4.43. The summed E-state index contributed by atoms with van der Waals surface area (Å²) in [7, 11) is 0. The Kier molecular flexibility index (Phi) is 5.27. The van der Waals surface area contributed by atoms with Crippen molar-refractivity contribution < 1.29 is 14.4 Å². The number of nitrogens with one attached hydrogen (secondary N) is 1. The molecule has 2 fully saturated rings. The van der Waals surface area contributed by atoms with Crippen LogP contribution in [0.15, 0.2) is 17.5 Å². The Morgan fingerprint density at radius 1 is 1.43 bits per heavy atom. The van der Waals surface area contributed by atoms with E-state index < -0.39 is 0 Å². The van der Waals surface area contributed by atoms with E-state index in [0.29, 0.717) is 18.4 Å². The van der Waals surface area contributed by atoms with Gasteiger partial charge in [0.1, 0.15) is 12.6 Å². The maximum absolute atomic E-state index is 12.2. The van der Waals surface area contributed by atoms with Crippen LogP contribution in [0.2, 0.25) is 0 Å². The highest BCUT2D eigenvalue weighted by atomic mass is 32.1. The number of quaternary nitrogens is 1. The van der Waals surface area contributed by atoms with Gasteiger partial charge in [0.15, 0.2) is 0 Å². The molecule has 21 heavy (non-hydrogen) atoms. The summed E-state index contributed by atoms with van der Waals surface area (Å²) in [5.74, 6) is 0.319. The van der Waals surface area contributed by atoms with Crippen molar-refractivity contribution in [2.45, 2.75) is 31.8 Å². The molecule has 1 aromatic rings. The lowest BCUT2D eigenvalue weighted by Crippen LogP contribution is -3.15. The van der Waals surface area contributed by atoms with Crippen LogP contribution in [-0.4, -0.2) is 56.2 Å². The minimum atomic E-state index is 0.319. The molecular weight excluding hydrogens is 284 g/mol. The van der Waals surface area contributed by atoms with E-state index in [2.05, 4.69) is 17.5 Å². The molecule has 116 valence electrons. The number of rotatable bonds is 5. The third kappa shape index (κ3) is 4.28. The van der Waals surface area contributed by atoms with Crippen molar-refractivity contribution in [2.75, 3.05) is 39.3 Å². The Morgan fingerprint density at radius 3 is 2.95 bits per heavy atom. The molecule has 3 rings (SSSR count). The van der Waals surface area contributed by atoms with Crippen LogP contribution in [0.25, 0.3) is 0 Å². The molecular formula is C16H25N2O2S+. The van der Waals surface area contributed by atoms with Crippen molar-refractivity contribution in [1.29, 1.82) is 0 Å². The summed E-state index contributed by atoms with van der Waals surface area (Å²) in [4.78, 5) is 17.2. The number of thiophene rings is 1. The third-order valence-electron chi connectivity index (χ3n) is 4.53. The van der Waals surface area contributed by atoms with Crippen LogP contribution < -0.4 is 4.90 Å². The average Bonchev–Trinajstić information content (AvgIpc) is 3.19. The maximum atomic E-state index is 12.2. The van der Waals surface area contributed by atoms with Gasteiger partial charge >= 0.3 is 0 Å². The monoisotopic (exact) mass is 309 g/mol. The predicted molar refractivity (Wildman–Crippen MR) is 83.8 cm³/mol. The molecule has 0 saturated carbocycles. The van der Waals surface area contributed by atoms with Gasteiger partial charge in [-0.15, -0.1) is 11.3 Å². The largest absolute Gasteiger partial charge is 0.372 e. The molecule has 5 heteroatoms. The number of hydrogen-bond donors (Lipinski definition) is 1. The first kappa shape index (κ1) is 15.0. The SMILES string of the molecule is O=C(CCc1cccs1)N1CC[NH+](C[C@@H]2CCCO2)CC1. The zero-order chi connectivity index (χ0) is 14.5. The van der Waals surface area contributed by atoms with E-state index in [1.165, 1.54) is 17.7 Å². The normalized spacial score (nSPS) is 23.6. The number of aryl methyl sites for hydroxylation is 1. The quantitative estimate of drug-likeness (QED) is 0.864. The topological polar surface area (TPSA) is 34.0 Å². The standard InChI is InChI=1S/C16H24N2O2S/c19-16(6-5-15-4-2-12-21-15)18-9-7-17(8-10-18)13-14-3-1-11-20-14/h2,4,12,14H,1,3,5-11,13H2/p+1/t14-/m0/s1. The zero-order valence-electron chi connectivity index (χ0n) is 12.6. The number of nitrogens with zero attached hydrogens (tertiary/aromatic N) is 1. The molecule has 0 unspecified atom stereocenters. The second-order valence-electron chi connectivity index (χ2n) is 6.05. The van der Waals surface area contributed by atoms with Gasteiger partial charge in [0, 0.05) is 17.9 Å². The molecule has 0 aliphatic carbocycles. The Hall–Kier alpha value is -0.910. The van der Waals surface area contributed by atoms with Gasteiger partial charge in [0.25, 0.3) is 0 Å². The minimum absolute atomic E-state index is 0.319. The van der Waals surface area contributed by atoms with E-state index in [0.717, 1.165) is 45.8 Å². The van der Waals surface area contributed by atoms with Gasteiger partial charge in [0.2, 0.25) is 5.91 Å². The number of piperazine rings is 1. The van der Waals surface area contributed by atoms with Crippen LogP contribution in [0, 0.1) is 0 Å². The fourth-order valence-corrected chi connectivity index (χ4v) is 3.96. The number of carbonyl (C=O) groups excluding carboxylic acids is 1. The van der Waals surface area contributed by atoms with Gasteiger partial charge in [-0.25, -0.2) is 0 Å². The highest BCUT2D eigenvalue weighted by Gasteiger charge is 2.27. The summed E-state index contributed by atoms with van der Waals surface area (Å²) < 4.78 is 5.71. The smallest absolute Gasteiger partial charge is 0.223 e. The first-order chi connectivity index (χ1) is 10.3. The molecule has 0 spiro atoms. The molecule has 0 radical (unpaired) electrons. The average molecular weight is 309 g/mol. The van der Waals surface area contributed by atoms with Crippen LogP contribution in [0.1, 0.15) is 24.1 Å². The van der Waals surface area contributed by atoms with Crippen molar-refractivity contribution in [1.82, 2.24) is 4.90 Å². The molecule has 4 nitrogen and oxygen atoms in total. The molecule has 2 saturated heterocycles. The molecule has 2 aliphatic rings. The van der Waals surface area contributed by atoms with Crippen LogP contribution in [0.4, 0.5) is 0 Å². The van der Waals surface area contributed by atoms with Gasteiger partial charge in [-0.1, -0.05) is 6.07 Å². The van der Waals surface area contributed by atoms with E-state index >= 15 is 0 Å². The highest BCUT2D eigenvalue weighted by Crippen LogP contribution is 2.12. The summed E-state index contributed by atoms with van der Waals surface area (Å²) >= 11 is 1.74. The Balaban J connectivity index is 1.37. The van der Waals surface area contributed by atoms with Gasteiger partial charge in [-0.2, -0.15) is 0 Å². The molecule has 3 heterocycles. The zero-order valence-corrected chi connectivity index (χ0v) is 13.4. The van der Waals surface area contributed by atoms with Gasteiger partial charge in [-0.05, 0) is 30.7 Å². The number of ether oxygens (including phenoxy) is 1. The summed E-state index contributed by atoms with van der Waals surface area (Å²) in [5.41, 5.74) is 0. The third-order valence-corrected chi connectivity index (χ3v) is 5.47. The molecule has 1 aromatic heterocycles. The maximum Gasteiger partial charge on any atom is 0.223 e. The lowest BCUT2D eigenvalue weighted by atomic mass is 10.2. The van der Waals surface area contributed by atoms with Crippen LogP contribution in [0.3, 0.4) is 0 Å². The van der Waals surface area contributed by atoms with Crippen molar-refractivity contribution in [3.63, 3.8) is 0 Å². The number of carbonyl (C=O) groups is 1. The van der Waals surface area contributed by atoms with E-state index in [9.17, 15) is 4.79 Å². The first-order valence-electron chi connectivity index (χ1n) is 8.06. The molecule has 1 amide bonds. The van der Waals surface area contributed by atoms with E-state index in [1.54, 1.807) is 16.2 Å². The molecule has 1 N–H and O–H groups in total. The van der Waals surface area contributed by atoms with E-state index in [-0.39, 0.29) is 0 Å². The van der Waals surface area contributed by atoms with Crippen molar-refractivity contribution in [2.24, 2.45) is 0 Å². The van der Waals surface area contributed by atoms with Crippen LogP contribution in [-0.2, 0) is 16.0 Å². The lowest BCUT2D eigenvalue weighted by Gasteiger charge is -2.33. The predicted octanol–water partition coefficient (Wildman–Crippen LogP) is 0.587. The second-order valence-corrected chi connectivity index (χ2v) is 7.08. The van der Waals surface area contributed by atoms with Crippen LogP contribution in [0.5, 0.6) is 0 Å². The van der Waals surface area contributed by atoms with E-state index in [4.69, 9.17) is 4.74 Å². The Labute approximate surface area is 130 Å². The summed E-state index contributed by atoms with van der Waals surface area (Å²) in [6, 6.07) is 4.17. The Bertz CT molecular complexity index is 435. The fraction of sp³-hybridized carbons (Fsp3) is 0.688. The minimum Gasteiger partial charge on any atom is -0.372 e. The molecule has 0 aromatic carbocycles. The summed E-state index contributed by atoms with van der Waals surface area (Å²) in [6.45, 7) is 6.02. The lowest BCUT2D eigenvalue weighted by molar-refractivity contribution is -0.906. The fourth-order valence-electron chi connectivity index (χ4n) is 3.25. The van der Waals surface area contributed by atoms with Gasteiger partial charge in [-0.3, -0.25) is 4.79 Å². The van der Waals surface area contributed by atoms with Crippen molar-refractivity contribution in [3.8, 4) is 0 Å². The molecule has 1 atom stereocenters. The van der Waals surface area contributed by atoms with Crippen molar-refractivity contribution in [3.05, 3.63) is 22.4 Å². The van der Waals surface area contributed by atoms with Gasteiger partial charge < -0.3 is 14.5 Å². The highest BCUT2D eigenvalue weighted by molar-refractivity contribution is 7.09. The second kappa shape index (κ2) is 7.38. The van der Waals surface area contributed by atoms with Gasteiger partial charge in [0.05, 0.1) is 26.2 Å².